The lowest BCUT2D eigenvalue weighted by Gasteiger charge is -2.64. The Morgan fingerprint density at radius 3 is 2.70 bits per heavy atom. The second-order valence-electron chi connectivity index (χ2n) is 10.6. The van der Waals surface area contributed by atoms with Gasteiger partial charge in [0.15, 0.2) is 10.9 Å². The highest BCUT2D eigenvalue weighted by molar-refractivity contribution is 7.15. The average molecular weight is 429 g/mol. The summed E-state index contributed by atoms with van der Waals surface area (Å²) in [5.41, 5.74) is 0.129. The van der Waals surface area contributed by atoms with Gasteiger partial charge in [0, 0.05) is 22.8 Å². The van der Waals surface area contributed by atoms with Crippen LogP contribution in [0.15, 0.2) is 24.8 Å². The number of carbonyl (C=O) groups excluding carboxylic acids is 1. The number of carbonyl (C=O) groups is 1. The molecule has 7 atom stereocenters. The van der Waals surface area contributed by atoms with Gasteiger partial charge in [0.05, 0.1) is 23.3 Å². The van der Waals surface area contributed by atoms with Crippen molar-refractivity contribution >= 4 is 22.3 Å². The van der Waals surface area contributed by atoms with E-state index >= 15 is 0 Å². The maximum atomic E-state index is 13.5. The number of hydrogen-bond acceptors (Lipinski definition) is 6. The van der Waals surface area contributed by atoms with Crippen molar-refractivity contribution in [1.29, 1.82) is 0 Å². The van der Waals surface area contributed by atoms with E-state index in [0.717, 1.165) is 30.1 Å². The first-order valence-electron chi connectivity index (χ1n) is 11.0. The standard InChI is InChI=1S/C24H32N2O3S/c1-6-9-25-21-26-18-14(30-21)11-23(5)15-8-7-13-12(2)19(28)24(15,20(13)29)17(27)10-16(23)22(18,3)4/h6,13,15-17,20,27,29H,1-2,7-11H2,3-5H3,(H,25,26). The van der Waals surface area contributed by atoms with E-state index in [2.05, 4.69) is 39.2 Å². The number of aliphatic hydroxyl groups excluding tert-OH is 2. The van der Waals surface area contributed by atoms with Crippen molar-refractivity contribution in [3.8, 4) is 0 Å². The predicted molar refractivity (Wildman–Crippen MR) is 119 cm³/mol. The molecule has 0 saturated heterocycles. The molecule has 1 aromatic heterocycles. The van der Waals surface area contributed by atoms with Gasteiger partial charge in [-0.15, -0.1) is 17.9 Å². The molecule has 6 heteroatoms. The van der Waals surface area contributed by atoms with Crippen LogP contribution in [0.5, 0.6) is 0 Å². The van der Waals surface area contributed by atoms with Crippen molar-refractivity contribution in [3.63, 3.8) is 0 Å². The molecule has 162 valence electrons. The summed E-state index contributed by atoms with van der Waals surface area (Å²) in [6, 6.07) is 0. The second kappa shape index (κ2) is 6.27. The van der Waals surface area contributed by atoms with E-state index in [-0.39, 0.29) is 34.4 Å². The Bertz CT molecular complexity index is 952. The number of anilines is 1. The molecule has 1 heterocycles. The number of ketones is 1. The van der Waals surface area contributed by atoms with Crippen molar-refractivity contribution in [2.24, 2.45) is 28.6 Å². The lowest BCUT2D eigenvalue weighted by molar-refractivity contribution is -0.212. The molecule has 0 aromatic carbocycles. The summed E-state index contributed by atoms with van der Waals surface area (Å²) in [6.07, 6.45) is 3.13. The zero-order valence-electron chi connectivity index (χ0n) is 18.1. The quantitative estimate of drug-likeness (QED) is 0.507. The van der Waals surface area contributed by atoms with E-state index in [1.165, 1.54) is 4.88 Å². The molecular formula is C24H32N2O3S. The first-order valence-corrected chi connectivity index (χ1v) is 11.9. The number of Topliss-reactive ketones (excluding diaryl/α,β-unsaturated/α-hetero) is 1. The molecule has 0 amide bonds. The first-order chi connectivity index (χ1) is 14.1. The minimum atomic E-state index is -1.09. The van der Waals surface area contributed by atoms with Crippen molar-refractivity contribution in [2.75, 3.05) is 11.9 Å². The van der Waals surface area contributed by atoms with E-state index in [0.29, 0.717) is 18.5 Å². The molecule has 0 radical (unpaired) electrons. The maximum Gasteiger partial charge on any atom is 0.183 e. The topological polar surface area (TPSA) is 82.5 Å². The third-order valence-electron chi connectivity index (χ3n) is 9.07. The number of nitrogens with zero attached hydrogens (tertiary/aromatic N) is 1. The molecule has 1 spiro atoms. The Kier molecular flexibility index (Phi) is 4.26. The van der Waals surface area contributed by atoms with Gasteiger partial charge in [0.25, 0.3) is 0 Å². The minimum Gasteiger partial charge on any atom is -0.392 e. The normalized spacial score (nSPS) is 43.6. The highest BCUT2D eigenvalue weighted by atomic mass is 32.1. The van der Waals surface area contributed by atoms with Crippen LogP contribution in [0.25, 0.3) is 0 Å². The molecule has 7 unspecified atom stereocenters. The van der Waals surface area contributed by atoms with E-state index < -0.39 is 17.6 Å². The Balaban J connectivity index is 1.64. The van der Waals surface area contributed by atoms with Gasteiger partial charge in [-0.25, -0.2) is 4.98 Å². The molecule has 30 heavy (non-hydrogen) atoms. The zero-order chi connectivity index (χ0) is 21.6. The van der Waals surface area contributed by atoms with E-state index in [9.17, 15) is 15.0 Å². The van der Waals surface area contributed by atoms with Gasteiger partial charge in [0.1, 0.15) is 0 Å². The number of rotatable bonds is 3. The Hall–Kier alpha value is -1.50. The summed E-state index contributed by atoms with van der Waals surface area (Å²) in [7, 11) is 0. The smallest absolute Gasteiger partial charge is 0.183 e. The second-order valence-corrected chi connectivity index (χ2v) is 11.7. The molecule has 3 saturated carbocycles. The number of thiazole rings is 1. The number of aliphatic hydroxyl groups is 2. The highest BCUT2D eigenvalue weighted by Crippen LogP contribution is 2.70. The van der Waals surface area contributed by atoms with E-state index in [1.54, 1.807) is 11.3 Å². The summed E-state index contributed by atoms with van der Waals surface area (Å²) in [4.78, 5) is 19.7. The van der Waals surface area contributed by atoms with Crippen molar-refractivity contribution < 1.29 is 15.0 Å². The largest absolute Gasteiger partial charge is 0.392 e. The maximum absolute atomic E-state index is 13.5. The Morgan fingerprint density at radius 1 is 1.27 bits per heavy atom. The summed E-state index contributed by atoms with van der Waals surface area (Å²) in [6.45, 7) is 15.2. The Labute approximate surface area is 182 Å². The minimum absolute atomic E-state index is 0.0594. The molecular weight excluding hydrogens is 396 g/mol. The number of hydrogen-bond donors (Lipinski definition) is 3. The monoisotopic (exact) mass is 428 g/mol. The van der Waals surface area contributed by atoms with Crippen LogP contribution in [0.3, 0.4) is 0 Å². The van der Waals surface area contributed by atoms with Crippen molar-refractivity contribution in [2.45, 2.75) is 64.1 Å². The zero-order valence-corrected chi connectivity index (χ0v) is 18.9. The lowest BCUT2D eigenvalue weighted by Crippen LogP contribution is -2.68. The van der Waals surface area contributed by atoms with Gasteiger partial charge in [0.2, 0.25) is 0 Å². The van der Waals surface area contributed by atoms with Gasteiger partial charge in [-0.3, -0.25) is 4.79 Å². The van der Waals surface area contributed by atoms with Crippen molar-refractivity contribution in [3.05, 3.63) is 35.4 Å². The number of aromatic nitrogens is 1. The van der Waals surface area contributed by atoms with Gasteiger partial charge in [-0.1, -0.05) is 33.4 Å². The third kappa shape index (κ3) is 2.20. The van der Waals surface area contributed by atoms with Crippen LogP contribution >= 0.6 is 11.3 Å². The van der Waals surface area contributed by atoms with Crippen molar-refractivity contribution in [1.82, 2.24) is 4.98 Å². The van der Waals surface area contributed by atoms with Crippen LogP contribution in [0, 0.1) is 28.6 Å². The summed E-state index contributed by atoms with van der Waals surface area (Å²) < 4.78 is 0. The van der Waals surface area contributed by atoms with Gasteiger partial charge < -0.3 is 15.5 Å². The van der Waals surface area contributed by atoms with E-state index in [4.69, 9.17) is 4.98 Å². The van der Waals surface area contributed by atoms with Gasteiger partial charge in [-0.2, -0.15) is 0 Å². The molecule has 3 N–H and O–H groups in total. The van der Waals surface area contributed by atoms with Crippen LogP contribution in [0.1, 0.15) is 50.6 Å². The van der Waals surface area contributed by atoms with E-state index in [1.807, 2.05) is 6.08 Å². The number of nitrogens with one attached hydrogen (secondary N) is 1. The number of fused-ring (bicyclic) bond motifs is 4. The van der Waals surface area contributed by atoms with Crippen LogP contribution in [0.2, 0.25) is 0 Å². The van der Waals surface area contributed by atoms with Crippen LogP contribution in [-0.2, 0) is 16.6 Å². The average Bonchev–Trinajstić information content (AvgIpc) is 3.13. The van der Waals surface area contributed by atoms with Crippen LogP contribution in [-0.4, -0.2) is 39.7 Å². The SMILES string of the molecule is C=CCNc1nc2c(s1)CC1(C)C(CC(O)C34C(=O)C(=C)C(CCC13)C4O)C2(C)C. The van der Waals surface area contributed by atoms with Gasteiger partial charge >= 0.3 is 0 Å². The third-order valence-corrected chi connectivity index (χ3v) is 10.1. The fourth-order valence-electron chi connectivity index (χ4n) is 7.86. The molecule has 3 fully saturated rings. The molecule has 2 bridgehead atoms. The Morgan fingerprint density at radius 2 is 2.00 bits per heavy atom. The molecule has 5 nitrogen and oxygen atoms in total. The fourth-order valence-corrected chi connectivity index (χ4v) is 9.17. The molecule has 0 aliphatic heterocycles. The van der Waals surface area contributed by atoms with Crippen LogP contribution < -0.4 is 5.32 Å². The summed E-state index contributed by atoms with van der Waals surface area (Å²) >= 11 is 1.69. The molecule has 1 aromatic rings. The highest BCUT2D eigenvalue weighted by Gasteiger charge is 2.74. The lowest BCUT2D eigenvalue weighted by atomic mass is 9.40. The molecule has 5 rings (SSSR count). The van der Waals surface area contributed by atoms with Crippen LogP contribution in [0.4, 0.5) is 5.13 Å². The summed E-state index contributed by atoms with van der Waals surface area (Å²) in [5, 5.41) is 26.9. The first kappa shape index (κ1) is 20.4. The summed E-state index contributed by atoms with van der Waals surface area (Å²) in [5.74, 6) is -0.163. The predicted octanol–water partition coefficient (Wildman–Crippen LogP) is 3.47. The fraction of sp³-hybridized carbons (Fsp3) is 0.667. The van der Waals surface area contributed by atoms with Gasteiger partial charge in [-0.05, 0) is 48.5 Å². The molecule has 4 aliphatic carbocycles. The molecule has 4 aliphatic rings.